The van der Waals surface area contributed by atoms with Crippen molar-refractivity contribution < 1.29 is 39.9 Å². The molecule has 0 bridgehead atoms. The van der Waals surface area contributed by atoms with Gasteiger partial charge >= 0.3 is 0 Å². The number of furan rings is 1. The van der Waals surface area contributed by atoms with E-state index in [0.29, 0.717) is 39.1 Å². The Morgan fingerprint density at radius 3 is 2.06 bits per heavy atom. The Balaban J connectivity index is 0.000000253. The fourth-order valence-electron chi connectivity index (χ4n) is 6.25. The first-order valence-corrected chi connectivity index (χ1v) is 17.8. The van der Waals surface area contributed by atoms with E-state index in [1.807, 2.05) is 69.3 Å². The summed E-state index contributed by atoms with van der Waals surface area (Å²) in [5, 5.41) is 1.44. The third-order valence-electron chi connectivity index (χ3n) is 8.94. The number of hydrogen-bond acceptors (Lipinski definition) is 3. The van der Waals surface area contributed by atoms with E-state index < -0.39 is 31.3 Å². The van der Waals surface area contributed by atoms with Crippen molar-refractivity contribution in [2.24, 2.45) is 5.41 Å². The van der Waals surface area contributed by atoms with Gasteiger partial charge in [-0.2, -0.15) is 0 Å². The topological polar surface area (TPSA) is 38.9 Å². The average Bonchev–Trinajstić information content (AvgIpc) is 3.55. The molecule has 3 heterocycles. The molecule has 7 aromatic rings. The number of rotatable bonds is 4. The van der Waals surface area contributed by atoms with Crippen molar-refractivity contribution in [1.29, 1.82) is 0 Å². The first-order valence-electron chi connectivity index (χ1n) is 21.8. The molecule has 7 rings (SSSR count). The molecule has 54 heavy (non-hydrogen) atoms. The van der Waals surface area contributed by atoms with E-state index in [9.17, 15) is 0 Å². The van der Waals surface area contributed by atoms with Crippen LogP contribution in [0.2, 0.25) is 0 Å². The maximum Gasteiger partial charge on any atom is 0.134 e. The Morgan fingerprint density at radius 1 is 0.722 bits per heavy atom. The molecule has 1 radical (unpaired) electrons. The van der Waals surface area contributed by atoms with Crippen LogP contribution in [0, 0.1) is 37.1 Å². The van der Waals surface area contributed by atoms with Crippen LogP contribution in [0.15, 0.2) is 102 Å². The molecule has 0 aliphatic rings. The second-order valence-corrected chi connectivity index (χ2v) is 16.5. The molecular weight excluding hydrogens is 844 g/mol. The summed E-state index contributed by atoms with van der Waals surface area (Å²) in [4.78, 5) is 8.82. The number of benzene rings is 4. The maximum absolute atomic E-state index is 15.0. The number of aromatic nitrogens is 2. The number of fused-ring (bicyclic) bond motifs is 3. The van der Waals surface area contributed by atoms with Crippen LogP contribution in [-0.2, 0) is 37.3 Å². The molecule has 0 aliphatic heterocycles. The molecule has 3 aromatic heterocycles. The predicted molar refractivity (Wildman–Crippen MR) is 220 cm³/mol. The van der Waals surface area contributed by atoms with E-state index in [4.69, 9.17) is 15.4 Å². The average molecular weight is 903 g/mol. The number of halogens is 1. The summed E-state index contributed by atoms with van der Waals surface area (Å²) in [6.45, 7) is 13.0. The van der Waals surface area contributed by atoms with E-state index in [-0.39, 0.29) is 42.1 Å². The molecule has 0 saturated heterocycles. The molecule has 0 N–H and O–H groups in total. The monoisotopic (exact) mass is 903 g/mol. The fraction of sp³-hybridized carbons (Fsp3) is 0.306. The quantitative estimate of drug-likeness (QED) is 0.165. The number of nitrogens with zero attached hydrogens (tertiary/aromatic N) is 2. The molecule has 0 fully saturated rings. The first-order chi connectivity index (χ1) is 28.1. The van der Waals surface area contributed by atoms with Gasteiger partial charge < -0.3 is 14.4 Å². The zero-order valence-corrected chi connectivity index (χ0v) is 34.6. The van der Waals surface area contributed by atoms with Gasteiger partial charge in [0.1, 0.15) is 11.4 Å². The molecule has 3 nitrogen and oxygen atoms in total. The van der Waals surface area contributed by atoms with Gasteiger partial charge in [-0.1, -0.05) is 121 Å². The molecule has 0 unspecified atom stereocenters. The van der Waals surface area contributed by atoms with Crippen molar-refractivity contribution in [1.82, 2.24) is 9.97 Å². The van der Waals surface area contributed by atoms with Crippen molar-refractivity contribution in [2.45, 2.75) is 93.2 Å². The Bertz CT molecular complexity index is 2720. The normalized spacial score (nSPS) is 14.9. The number of hydrogen-bond donors (Lipinski definition) is 0. The Morgan fingerprint density at radius 2 is 1.39 bits per heavy atom. The van der Waals surface area contributed by atoms with E-state index in [1.54, 1.807) is 32.9 Å². The van der Waals surface area contributed by atoms with Crippen molar-refractivity contribution >= 4 is 21.9 Å². The third-order valence-corrected chi connectivity index (χ3v) is 8.94. The largest absolute Gasteiger partial charge is 0.500 e. The summed E-state index contributed by atoms with van der Waals surface area (Å²) in [5.74, 6) is -0.413. The maximum atomic E-state index is 15.0. The van der Waals surface area contributed by atoms with Gasteiger partial charge in [0.25, 0.3) is 0 Å². The van der Waals surface area contributed by atoms with Crippen LogP contribution >= 0.6 is 0 Å². The standard InChI is InChI=1S/C29H25FNO.C20H26N.Ir/c1-18-17-31-25(15-20(18)16-29(2,3)4)23-12-8-11-21-22-13-14-24(30)26(28(22)32-27(21)23)19-9-6-5-7-10-19;1-14-13-21-18(12-17(14)20(5,6)7)15-9-8-10-16(11-15)19(2,3)4;/h5-11,13-15,17H,16H2,1-4H3;8,10-13H,1-7H3;/q2*-1;/i1D3,16D2;1D3;. The van der Waals surface area contributed by atoms with E-state index >= 15 is 4.39 Å². The minimum Gasteiger partial charge on any atom is -0.500 e. The van der Waals surface area contributed by atoms with Gasteiger partial charge in [0, 0.05) is 48.9 Å². The summed E-state index contributed by atoms with van der Waals surface area (Å²) >= 11 is 0. The van der Waals surface area contributed by atoms with Gasteiger partial charge in [-0.15, -0.1) is 53.6 Å². The van der Waals surface area contributed by atoms with Gasteiger partial charge in [0.15, 0.2) is 0 Å². The summed E-state index contributed by atoms with van der Waals surface area (Å²) < 4.78 is 86.1. The Hall–Kier alpha value is -4.44. The summed E-state index contributed by atoms with van der Waals surface area (Å²) in [7, 11) is 0. The molecule has 0 amide bonds. The van der Waals surface area contributed by atoms with Gasteiger partial charge in [0.05, 0.1) is 11.1 Å². The van der Waals surface area contributed by atoms with E-state index in [0.717, 1.165) is 27.6 Å². The molecule has 0 spiro atoms. The van der Waals surface area contributed by atoms with Crippen molar-refractivity contribution in [3.05, 3.63) is 143 Å². The molecule has 281 valence electrons. The van der Waals surface area contributed by atoms with Crippen LogP contribution in [0.25, 0.3) is 55.6 Å². The zero-order valence-electron chi connectivity index (χ0n) is 40.3. The molecule has 0 aliphatic carbocycles. The van der Waals surface area contributed by atoms with Crippen molar-refractivity contribution in [3.8, 4) is 33.6 Å². The molecular formula is C49H51FIrN2O-2. The summed E-state index contributed by atoms with van der Waals surface area (Å²) in [6.07, 6.45) is 0.742. The van der Waals surface area contributed by atoms with E-state index in [2.05, 4.69) is 55.0 Å². The van der Waals surface area contributed by atoms with Crippen LogP contribution in [0.4, 0.5) is 4.39 Å². The van der Waals surface area contributed by atoms with E-state index in [1.165, 1.54) is 30.1 Å². The van der Waals surface area contributed by atoms with Crippen LogP contribution in [0.3, 0.4) is 0 Å². The first kappa shape index (κ1) is 30.8. The molecule has 4 aromatic carbocycles. The number of aryl methyl sites for hydroxylation is 2. The summed E-state index contributed by atoms with van der Waals surface area (Å²) in [6, 6.07) is 31.5. The summed E-state index contributed by atoms with van der Waals surface area (Å²) in [5.41, 5.74) is 5.35. The predicted octanol–water partition coefficient (Wildman–Crippen LogP) is 13.6. The minimum atomic E-state index is -2.54. The third kappa shape index (κ3) is 8.91. The van der Waals surface area contributed by atoms with Gasteiger partial charge in [-0.05, 0) is 82.1 Å². The van der Waals surface area contributed by atoms with Gasteiger partial charge in [-0.25, -0.2) is 4.39 Å². The Labute approximate surface area is 346 Å². The van der Waals surface area contributed by atoms with Crippen LogP contribution in [0.5, 0.6) is 0 Å². The Kier molecular flexibility index (Phi) is 8.98. The molecule has 0 atom stereocenters. The van der Waals surface area contributed by atoms with Gasteiger partial charge in [-0.3, -0.25) is 0 Å². The second-order valence-electron chi connectivity index (χ2n) is 16.5. The van der Waals surface area contributed by atoms with Crippen LogP contribution < -0.4 is 0 Å². The molecule has 5 heteroatoms. The fourth-order valence-corrected chi connectivity index (χ4v) is 6.25. The van der Waals surface area contributed by atoms with Crippen LogP contribution in [-0.4, -0.2) is 9.97 Å². The molecule has 0 saturated carbocycles. The van der Waals surface area contributed by atoms with Crippen molar-refractivity contribution in [3.63, 3.8) is 0 Å². The van der Waals surface area contributed by atoms with Crippen LogP contribution in [0.1, 0.15) is 101 Å². The minimum absolute atomic E-state index is 0. The number of pyridine rings is 2. The zero-order chi connectivity index (χ0) is 45.1. The van der Waals surface area contributed by atoms with Gasteiger partial charge in [0.2, 0.25) is 0 Å². The SMILES string of the molecule is [2H]C([2H])([2H])c1cnc(-c2[c-]ccc(C(C)(C)C)c2)cc1C(C)(C)C.[2H]C([2H])([2H])c1cnc(-c2[c-]ccc3c2oc2c(-c4ccccc4)c(F)ccc23)cc1C([2H])([2H])C(C)(C)C.[Ir]. The smallest absolute Gasteiger partial charge is 0.134 e. The van der Waals surface area contributed by atoms with Crippen molar-refractivity contribution in [2.75, 3.05) is 0 Å². The second kappa shape index (κ2) is 15.7.